The van der Waals surface area contributed by atoms with Crippen LogP contribution in [0.4, 0.5) is 0 Å². The molecule has 0 spiro atoms. The number of furan rings is 1. The second-order valence-corrected chi connectivity index (χ2v) is 6.38. The summed E-state index contributed by atoms with van der Waals surface area (Å²) in [6.45, 7) is 0.0391. The third kappa shape index (κ3) is 3.61. The zero-order chi connectivity index (χ0) is 18.6. The number of ether oxygens (including phenoxy) is 2. The fraction of sp³-hybridized carbons (Fsp3) is 0.105. The second-order valence-electron chi connectivity index (χ2n) is 5.52. The standard InChI is InChI=1S/C19H15N3O4S/c1-24-16-10-22(14-6-3-2-4-7-14)21-17(16)19(23)26-11-13-12-27-18(20-13)15-8-5-9-25-15/h2-10,12H,11H2,1H3. The third-order valence-corrected chi connectivity index (χ3v) is 4.66. The minimum atomic E-state index is -0.575. The van der Waals surface area contributed by atoms with Crippen molar-refractivity contribution in [2.24, 2.45) is 0 Å². The SMILES string of the molecule is COc1cn(-c2ccccc2)nc1C(=O)OCc1csc(-c2ccco2)n1. The zero-order valence-electron chi connectivity index (χ0n) is 14.4. The molecule has 0 amide bonds. The first kappa shape index (κ1) is 17.0. The summed E-state index contributed by atoms with van der Waals surface area (Å²) in [7, 11) is 1.49. The molecule has 0 aliphatic rings. The van der Waals surface area contributed by atoms with E-state index < -0.39 is 5.97 Å². The predicted molar refractivity (Wildman–Crippen MR) is 99.1 cm³/mol. The van der Waals surface area contributed by atoms with E-state index in [4.69, 9.17) is 13.9 Å². The second kappa shape index (κ2) is 7.46. The largest absolute Gasteiger partial charge is 0.493 e. The summed E-state index contributed by atoms with van der Waals surface area (Å²) in [5.41, 5.74) is 1.57. The Labute approximate surface area is 158 Å². The summed E-state index contributed by atoms with van der Waals surface area (Å²) in [5.74, 6) is 0.452. The van der Waals surface area contributed by atoms with Crippen molar-refractivity contribution in [1.82, 2.24) is 14.8 Å². The topological polar surface area (TPSA) is 79.4 Å². The summed E-state index contributed by atoms with van der Waals surface area (Å²) in [4.78, 5) is 16.9. The van der Waals surface area contributed by atoms with Gasteiger partial charge in [-0.15, -0.1) is 11.3 Å². The minimum Gasteiger partial charge on any atom is -0.493 e. The van der Waals surface area contributed by atoms with Gasteiger partial charge in [0.2, 0.25) is 5.69 Å². The average Bonchev–Trinajstić information content (AvgIpc) is 3.46. The highest BCUT2D eigenvalue weighted by atomic mass is 32.1. The van der Waals surface area contributed by atoms with E-state index in [0.717, 1.165) is 10.7 Å². The van der Waals surface area contributed by atoms with Crippen molar-refractivity contribution in [2.45, 2.75) is 6.61 Å². The Kier molecular flexibility index (Phi) is 4.71. The van der Waals surface area contributed by atoms with Gasteiger partial charge < -0.3 is 13.9 Å². The lowest BCUT2D eigenvalue weighted by Gasteiger charge is -2.02. The molecule has 0 radical (unpaired) electrons. The van der Waals surface area contributed by atoms with Crippen LogP contribution in [0.1, 0.15) is 16.2 Å². The van der Waals surface area contributed by atoms with Crippen molar-refractivity contribution in [3.8, 4) is 22.2 Å². The number of thiazole rings is 1. The van der Waals surface area contributed by atoms with E-state index in [-0.39, 0.29) is 12.3 Å². The molecular weight excluding hydrogens is 366 g/mol. The molecule has 7 nitrogen and oxygen atoms in total. The van der Waals surface area contributed by atoms with Crippen LogP contribution < -0.4 is 4.74 Å². The fourth-order valence-electron chi connectivity index (χ4n) is 2.46. The summed E-state index contributed by atoms with van der Waals surface area (Å²) < 4.78 is 17.5. The molecule has 0 N–H and O–H groups in total. The summed E-state index contributed by atoms with van der Waals surface area (Å²) in [6, 6.07) is 13.1. The van der Waals surface area contributed by atoms with Gasteiger partial charge in [-0.05, 0) is 24.3 Å². The van der Waals surface area contributed by atoms with Crippen molar-refractivity contribution in [1.29, 1.82) is 0 Å². The number of carbonyl (C=O) groups excluding carboxylic acids is 1. The Balaban J connectivity index is 1.48. The Bertz CT molecular complexity index is 1040. The molecular formula is C19H15N3O4S. The first-order chi connectivity index (χ1) is 13.2. The van der Waals surface area contributed by atoms with Gasteiger partial charge in [0.25, 0.3) is 0 Å². The van der Waals surface area contributed by atoms with E-state index in [1.54, 1.807) is 23.2 Å². The molecule has 3 heterocycles. The van der Waals surface area contributed by atoms with E-state index in [9.17, 15) is 4.79 Å². The van der Waals surface area contributed by atoms with Crippen molar-refractivity contribution in [3.63, 3.8) is 0 Å². The van der Waals surface area contributed by atoms with Gasteiger partial charge >= 0.3 is 5.97 Å². The Morgan fingerprint density at radius 1 is 1.22 bits per heavy atom. The van der Waals surface area contributed by atoms with E-state index >= 15 is 0 Å². The van der Waals surface area contributed by atoms with Crippen LogP contribution in [-0.2, 0) is 11.3 Å². The Morgan fingerprint density at radius 3 is 2.81 bits per heavy atom. The normalized spacial score (nSPS) is 10.7. The van der Waals surface area contributed by atoms with Crippen molar-refractivity contribution < 1.29 is 18.7 Å². The van der Waals surface area contributed by atoms with Crippen LogP contribution >= 0.6 is 11.3 Å². The molecule has 136 valence electrons. The molecule has 0 aliphatic carbocycles. The number of hydrogen-bond donors (Lipinski definition) is 0. The predicted octanol–water partition coefficient (Wildman–Crippen LogP) is 3.95. The van der Waals surface area contributed by atoms with Gasteiger partial charge in [0.15, 0.2) is 16.5 Å². The highest BCUT2D eigenvalue weighted by Gasteiger charge is 2.20. The number of benzene rings is 1. The van der Waals surface area contributed by atoms with Crippen molar-refractivity contribution in [3.05, 3.63) is 71.7 Å². The lowest BCUT2D eigenvalue weighted by atomic mass is 10.3. The maximum atomic E-state index is 12.5. The molecule has 0 fully saturated rings. The monoisotopic (exact) mass is 381 g/mol. The lowest BCUT2D eigenvalue weighted by molar-refractivity contribution is 0.0457. The number of aromatic nitrogens is 3. The number of para-hydroxylation sites is 1. The highest BCUT2D eigenvalue weighted by molar-refractivity contribution is 7.13. The fourth-order valence-corrected chi connectivity index (χ4v) is 3.23. The van der Waals surface area contributed by atoms with Crippen LogP contribution in [0, 0.1) is 0 Å². The highest BCUT2D eigenvalue weighted by Crippen LogP contribution is 2.25. The molecule has 4 aromatic rings. The molecule has 8 heteroatoms. The first-order valence-corrected chi connectivity index (χ1v) is 8.97. The molecule has 0 atom stereocenters. The number of methoxy groups -OCH3 is 1. The maximum absolute atomic E-state index is 12.5. The van der Waals surface area contributed by atoms with E-state index in [2.05, 4.69) is 10.1 Å². The maximum Gasteiger partial charge on any atom is 0.363 e. The minimum absolute atomic E-state index is 0.0391. The van der Waals surface area contributed by atoms with Crippen molar-refractivity contribution in [2.75, 3.05) is 7.11 Å². The number of carbonyl (C=O) groups is 1. The molecule has 27 heavy (non-hydrogen) atoms. The Morgan fingerprint density at radius 2 is 2.07 bits per heavy atom. The zero-order valence-corrected chi connectivity index (χ0v) is 15.2. The molecule has 3 aromatic heterocycles. The van der Waals surface area contributed by atoms with Gasteiger partial charge in [0, 0.05) is 5.38 Å². The third-order valence-electron chi connectivity index (χ3n) is 3.75. The molecule has 0 saturated carbocycles. The average molecular weight is 381 g/mol. The first-order valence-electron chi connectivity index (χ1n) is 8.09. The molecule has 1 aromatic carbocycles. The van der Waals surface area contributed by atoms with Crippen LogP contribution in [-0.4, -0.2) is 27.8 Å². The summed E-state index contributed by atoms with van der Waals surface area (Å²) in [5, 5.41) is 6.85. The number of nitrogens with zero attached hydrogens (tertiary/aromatic N) is 3. The molecule has 0 aliphatic heterocycles. The van der Waals surface area contributed by atoms with E-state index in [0.29, 0.717) is 17.2 Å². The van der Waals surface area contributed by atoms with Crippen LogP contribution in [0.25, 0.3) is 16.5 Å². The van der Waals surface area contributed by atoms with Gasteiger partial charge in [-0.3, -0.25) is 0 Å². The van der Waals surface area contributed by atoms with Gasteiger partial charge in [-0.1, -0.05) is 18.2 Å². The van der Waals surface area contributed by atoms with Gasteiger partial charge in [0.05, 0.1) is 31.0 Å². The van der Waals surface area contributed by atoms with E-state index in [1.165, 1.54) is 18.4 Å². The number of esters is 1. The molecule has 0 unspecified atom stereocenters. The molecule has 0 saturated heterocycles. The summed E-state index contributed by atoms with van der Waals surface area (Å²) in [6.07, 6.45) is 3.23. The Hall–Kier alpha value is -3.39. The smallest absolute Gasteiger partial charge is 0.363 e. The van der Waals surface area contributed by atoms with Gasteiger partial charge in [-0.25, -0.2) is 14.5 Å². The number of hydrogen-bond acceptors (Lipinski definition) is 7. The van der Waals surface area contributed by atoms with Crippen LogP contribution in [0.15, 0.2) is 64.7 Å². The molecule has 0 bridgehead atoms. The number of rotatable bonds is 6. The van der Waals surface area contributed by atoms with E-state index in [1.807, 2.05) is 41.8 Å². The van der Waals surface area contributed by atoms with Gasteiger partial charge in [0.1, 0.15) is 6.61 Å². The van der Waals surface area contributed by atoms with Crippen LogP contribution in [0.5, 0.6) is 5.75 Å². The quantitative estimate of drug-likeness (QED) is 0.471. The van der Waals surface area contributed by atoms with Crippen LogP contribution in [0.2, 0.25) is 0 Å². The molecule has 4 rings (SSSR count). The van der Waals surface area contributed by atoms with Crippen molar-refractivity contribution >= 4 is 17.3 Å². The lowest BCUT2D eigenvalue weighted by Crippen LogP contribution is -2.08. The van der Waals surface area contributed by atoms with Gasteiger partial charge in [-0.2, -0.15) is 5.10 Å². The summed E-state index contributed by atoms with van der Waals surface area (Å²) >= 11 is 1.42. The van der Waals surface area contributed by atoms with Crippen LogP contribution in [0.3, 0.4) is 0 Å².